The van der Waals surface area contributed by atoms with Crippen LogP contribution in [0.2, 0.25) is 0 Å². The van der Waals surface area contributed by atoms with Crippen molar-refractivity contribution in [3.8, 4) is 0 Å². The summed E-state index contributed by atoms with van der Waals surface area (Å²) in [5.74, 6) is -1.64. The molecule has 2 aromatic heterocycles. The van der Waals surface area contributed by atoms with Crippen LogP contribution in [0, 0.1) is 5.82 Å². The van der Waals surface area contributed by atoms with Crippen molar-refractivity contribution < 1.29 is 17.6 Å². The molecule has 1 N–H and O–H groups in total. The second kappa shape index (κ2) is 7.65. The van der Waals surface area contributed by atoms with Crippen LogP contribution < -0.4 is 5.32 Å². The highest BCUT2D eigenvalue weighted by Crippen LogP contribution is 2.31. The molecule has 0 unspecified atom stereocenters. The van der Waals surface area contributed by atoms with Crippen molar-refractivity contribution in [2.45, 2.75) is 23.9 Å². The Morgan fingerprint density at radius 3 is 2.70 bits per heavy atom. The maximum atomic E-state index is 13.9. The van der Waals surface area contributed by atoms with Gasteiger partial charge in [-0.1, -0.05) is 18.2 Å². The second-order valence-electron chi connectivity index (χ2n) is 7.22. The minimum Gasteiger partial charge on any atom is -0.351 e. The number of carbonyl (C=O) groups excluding carboxylic acids is 1. The zero-order valence-corrected chi connectivity index (χ0v) is 17.3. The highest BCUT2D eigenvalue weighted by Gasteiger charge is 2.39. The van der Waals surface area contributed by atoms with Gasteiger partial charge in [-0.2, -0.15) is 14.5 Å². The van der Waals surface area contributed by atoms with Crippen LogP contribution in [0.3, 0.4) is 0 Å². The van der Waals surface area contributed by atoms with E-state index in [0.717, 1.165) is 0 Å². The van der Waals surface area contributed by atoms with E-state index in [2.05, 4.69) is 15.5 Å². The van der Waals surface area contributed by atoms with Gasteiger partial charge in [0.2, 0.25) is 15.9 Å². The number of benzene rings is 1. The first-order valence-corrected chi connectivity index (χ1v) is 10.7. The summed E-state index contributed by atoms with van der Waals surface area (Å²) in [6.45, 7) is 0.0430. The van der Waals surface area contributed by atoms with Gasteiger partial charge >= 0.3 is 0 Å². The summed E-state index contributed by atoms with van der Waals surface area (Å²) in [7, 11) is -0.495. The molecule has 1 atom stereocenters. The van der Waals surface area contributed by atoms with Crippen molar-refractivity contribution in [2.24, 2.45) is 14.1 Å². The summed E-state index contributed by atoms with van der Waals surface area (Å²) in [4.78, 5) is 13.0. The zero-order valence-electron chi connectivity index (χ0n) is 16.5. The summed E-state index contributed by atoms with van der Waals surface area (Å²) in [6, 6.07) is 6.16. The Hall–Kier alpha value is -3.05. The molecule has 0 bridgehead atoms. The number of hydrogen-bond donors (Lipinski definition) is 1. The maximum absolute atomic E-state index is 13.9. The third-order valence-electron chi connectivity index (χ3n) is 5.05. The van der Waals surface area contributed by atoms with E-state index in [1.165, 1.54) is 27.4 Å². The molecule has 0 fully saturated rings. The lowest BCUT2D eigenvalue weighted by Gasteiger charge is -2.30. The van der Waals surface area contributed by atoms with Crippen LogP contribution in [-0.4, -0.2) is 44.7 Å². The van der Waals surface area contributed by atoms with Gasteiger partial charge in [-0.25, -0.2) is 12.8 Å². The number of aryl methyl sites for hydroxylation is 2. The molecule has 3 heterocycles. The van der Waals surface area contributed by atoms with E-state index in [-0.39, 0.29) is 24.5 Å². The second-order valence-corrected chi connectivity index (χ2v) is 9.16. The van der Waals surface area contributed by atoms with E-state index in [0.29, 0.717) is 16.8 Å². The predicted octanol–water partition coefficient (Wildman–Crippen LogP) is 0.897. The molecule has 158 valence electrons. The third kappa shape index (κ3) is 3.73. The van der Waals surface area contributed by atoms with Gasteiger partial charge in [-0.05, 0) is 6.07 Å². The SMILES string of the molecule is Cn1cc(S(=O)(=O)N2Cc3cn(C)nc3[C@H](C(=O)NCc3ccccc3F)C2)cn1. The number of aromatic nitrogens is 4. The predicted molar refractivity (Wildman–Crippen MR) is 105 cm³/mol. The smallest absolute Gasteiger partial charge is 0.246 e. The summed E-state index contributed by atoms with van der Waals surface area (Å²) >= 11 is 0. The van der Waals surface area contributed by atoms with Crippen LogP contribution in [0.15, 0.2) is 47.8 Å². The number of sulfonamides is 1. The fourth-order valence-corrected chi connectivity index (χ4v) is 4.95. The number of rotatable bonds is 5. The first-order valence-electron chi connectivity index (χ1n) is 9.28. The fourth-order valence-electron chi connectivity index (χ4n) is 3.53. The van der Waals surface area contributed by atoms with E-state index in [1.807, 2.05) is 0 Å². The maximum Gasteiger partial charge on any atom is 0.246 e. The quantitative estimate of drug-likeness (QED) is 0.645. The lowest BCUT2D eigenvalue weighted by Crippen LogP contribution is -2.43. The topological polar surface area (TPSA) is 102 Å². The van der Waals surface area contributed by atoms with Gasteiger partial charge in [0.15, 0.2) is 0 Å². The van der Waals surface area contributed by atoms with E-state index in [1.54, 1.807) is 43.2 Å². The van der Waals surface area contributed by atoms with Crippen LogP contribution >= 0.6 is 0 Å². The Morgan fingerprint density at radius 1 is 1.23 bits per heavy atom. The van der Waals surface area contributed by atoms with Crippen LogP contribution in [0.5, 0.6) is 0 Å². The van der Waals surface area contributed by atoms with Gasteiger partial charge in [-0.15, -0.1) is 0 Å². The Labute approximate surface area is 173 Å². The molecule has 9 nitrogen and oxygen atoms in total. The Bertz CT molecular complexity index is 1200. The lowest BCUT2D eigenvalue weighted by molar-refractivity contribution is -0.123. The molecular weight excluding hydrogens is 411 g/mol. The minimum absolute atomic E-state index is 0.000467. The monoisotopic (exact) mass is 432 g/mol. The molecule has 0 aliphatic carbocycles. The summed E-state index contributed by atoms with van der Waals surface area (Å²) in [6.07, 6.45) is 4.40. The molecule has 1 aromatic carbocycles. The molecule has 3 aromatic rings. The highest BCUT2D eigenvalue weighted by molar-refractivity contribution is 7.89. The van der Waals surface area contributed by atoms with E-state index >= 15 is 0 Å². The third-order valence-corrected chi connectivity index (χ3v) is 6.81. The molecule has 0 saturated carbocycles. The van der Waals surface area contributed by atoms with Gasteiger partial charge in [0.05, 0.1) is 17.8 Å². The van der Waals surface area contributed by atoms with Gasteiger partial charge in [0.25, 0.3) is 0 Å². The van der Waals surface area contributed by atoms with Crippen LogP contribution in [-0.2, 0) is 42.0 Å². The summed E-state index contributed by atoms with van der Waals surface area (Å²) < 4.78 is 44.2. The van der Waals surface area contributed by atoms with Gasteiger partial charge in [0.1, 0.15) is 10.7 Å². The number of hydrogen-bond acceptors (Lipinski definition) is 5. The first-order chi connectivity index (χ1) is 14.3. The van der Waals surface area contributed by atoms with Gasteiger partial charge in [-0.3, -0.25) is 14.2 Å². The molecule has 0 saturated heterocycles. The Balaban J connectivity index is 1.60. The van der Waals surface area contributed by atoms with Crippen molar-refractivity contribution in [3.05, 3.63) is 65.5 Å². The zero-order chi connectivity index (χ0) is 21.5. The molecule has 4 rings (SSSR count). The summed E-state index contributed by atoms with van der Waals surface area (Å²) in [5.41, 5.74) is 1.53. The number of carbonyl (C=O) groups is 1. The standard InChI is InChI=1S/C19H21FN6O3S/c1-24-11-15(8-22-24)30(28,29)26-10-14-9-25(2)23-18(14)16(12-26)19(27)21-7-13-5-3-4-6-17(13)20/h3-6,8-9,11,16H,7,10,12H2,1-2H3,(H,21,27)/t16-/m1/s1. The van der Waals surface area contributed by atoms with Crippen molar-refractivity contribution in [3.63, 3.8) is 0 Å². The average molecular weight is 432 g/mol. The summed E-state index contributed by atoms with van der Waals surface area (Å²) in [5, 5.41) is 11.0. The number of amides is 1. The van der Waals surface area contributed by atoms with Crippen LogP contribution in [0.4, 0.5) is 4.39 Å². The van der Waals surface area contributed by atoms with Gasteiger partial charge < -0.3 is 5.32 Å². The molecule has 30 heavy (non-hydrogen) atoms. The largest absolute Gasteiger partial charge is 0.351 e. The van der Waals surface area contributed by atoms with E-state index in [4.69, 9.17) is 0 Å². The average Bonchev–Trinajstić information content (AvgIpc) is 3.31. The molecule has 11 heteroatoms. The molecule has 0 radical (unpaired) electrons. The van der Waals surface area contributed by atoms with Crippen molar-refractivity contribution in [2.75, 3.05) is 6.54 Å². The van der Waals surface area contributed by atoms with E-state index in [9.17, 15) is 17.6 Å². The van der Waals surface area contributed by atoms with E-state index < -0.39 is 27.7 Å². The normalized spacial score (nSPS) is 17.0. The van der Waals surface area contributed by atoms with Crippen molar-refractivity contribution >= 4 is 15.9 Å². The molecule has 1 aliphatic rings. The highest BCUT2D eigenvalue weighted by atomic mass is 32.2. The Morgan fingerprint density at radius 2 is 2.00 bits per heavy atom. The van der Waals surface area contributed by atoms with Crippen molar-refractivity contribution in [1.82, 2.24) is 29.2 Å². The lowest BCUT2D eigenvalue weighted by atomic mass is 9.97. The molecular formula is C19H21FN6O3S. The van der Waals surface area contributed by atoms with Crippen LogP contribution in [0.1, 0.15) is 22.7 Å². The van der Waals surface area contributed by atoms with Crippen molar-refractivity contribution in [1.29, 1.82) is 0 Å². The number of nitrogens with zero attached hydrogens (tertiary/aromatic N) is 5. The number of nitrogens with one attached hydrogen (secondary N) is 1. The fraction of sp³-hybridized carbons (Fsp3) is 0.316. The first kappa shape index (κ1) is 20.2. The molecule has 0 spiro atoms. The number of halogens is 1. The Kier molecular flexibility index (Phi) is 5.16. The van der Waals surface area contributed by atoms with Crippen LogP contribution in [0.25, 0.3) is 0 Å². The number of fused-ring (bicyclic) bond motifs is 1. The molecule has 1 amide bonds. The minimum atomic E-state index is -3.84. The van der Waals surface area contributed by atoms with Gasteiger partial charge in [0, 0.05) is 57.3 Å². The molecule has 1 aliphatic heterocycles.